The van der Waals surface area contributed by atoms with Crippen LogP contribution >= 0.6 is 11.6 Å². The lowest BCUT2D eigenvalue weighted by Crippen LogP contribution is -2.08. The molecule has 134 valence electrons. The maximum absolute atomic E-state index is 6.23. The molecule has 0 unspecified atom stereocenters. The molecule has 0 aliphatic carbocycles. The van der Waals surface area contributed by atoms with Crippen LogP contribution in [0, 0.1) is 6.92 Å². The number of aryl methyl sites for hydroxylation is 1. The van der Waals surface area contributed by atoms with E-state index in [1.807, 2.05) is 49.4 Å². The van der Waals surface area contributed by atoms with Crippen LogP contribution < -0.4 is 21.1 Å². The SMILES string of the molecule is COc1ccc(CNc2ncnc(Nc3cc(Cl)ccc3C)c2N)cc1. The minimum absolute atomic E-state index is 0.445. The first kappa shape index (κ1) is 17.8. The second-order valence-electron chi connectivity index (χ2n) is 5.77. The topological polar surface area (TPSA) is 85.1 Å². The maximum Gasteiger partial charge on any atom is 0.159 e. The summed E-state index contributed by atoms with van der Waals surface area (Å²) >= 11 is 6.07. The van der Waals surface area contributed by atoms with E-state index in [2.05, 4.69) is 20.6 Å². The fourth-order valence-corrected chi connectivity index (χ4v) is 2.59. The molecule has 0 saturated carbocycles. The Kier molecular flexibility index (Phi) is 5.43. The number of benzene rings is 2. The molecule has 0 fully saturated rings. The quantitative estimate of drug-likeness (QED) is 0.597. The standard InChI is InChI=1S/C19H20ClN5O/c1-12-3-6-14(20)9-16(12)25-19-17(21)18(23-11-24-19)22-10-13-4-7-15(26-2)8-5-13/h3-9,11H,10,21H2,1-2H3,(H2,22,23,24,25). The molecule has 0 spiro atoms. The van der Waals surface area contributed by atoms with Crippen molar-refractivity contribution in [1.82, 2.24) is 9.97 Å². The lowest BCUT2D eigenvalue weighted by atomic mass is 10.2. The van der Waals surface area contributed by atoms with Crippen LogP contribution in [0.5, 0.6) is 5.75 Å². The van der Waals surface area contributed by atoms with Gasteiger partial charge in [0, 0.05) is 17.3 Å². The third-order valence-corrected chi connectivity index (χ3v) is 4.19. The van der Waals surface area contributed by atoms with Gasteiger partial charge in [-0.15, -0.1) is 0 Å². The van der Waals surface area contributed by atoms with Gasteiger partial charge in [0.1, 0.15) is 17.8 Å². The molecule has 0 saturated heterocycles. The minimum atomic E-state index is 0.445. The molecule has 3 aromatic rings. The van der Waals surface area contributed by atoms with Gasteiger partial charge in [0.25, 0.3) is 0 Å². The number of methoxy groups -OCH3 is 1. The predicted molar refractivity (Wildman–Crippen MR) is 106 cm³/mol. The molecule has 0 atom stereocenters. The van der Waals surface area contributed by atoms with Crippen molar-refractivity contribution in [3.05, 3.63) is 64.9 Å². The number of nitrogens with one attached hydrogen (secondary N) is 2. The lowest BCUT2D eigenvalue weighted by molar-refractivity contribution is 0.414. The van der Waals surface area contributed by atoms with Gasteiger partial charge in [-0.25, -0.2) is 9.97 Å². The van der Waals surface area contributed by atoms with Crippen molar-refractivity contribution in [3.63, 3.8) is 0 Å². The molecular weight excluding hydrogens is 350 g/mol. The van der Waals surface area contributed by atoms with E-state index >= 15 is 0 Å². The van der Waals surface area contributed by atoms with E-state index in [-0.39, 0.29) is 0 Å². The number of hydrogen-bond donors (Lipinski definition) is 3. The Bertz CT molecular complexity index is 899. The highest BCUT2D eigenvalue weighted by molar-refractivity contribution is 6.30. The van der Waals surface area contributed by atoms with Gasteiger partial charge in [0.15, 0.2) is 11.6 Å². The number of nitrogens with two attached hydrogens (primary N) is 1. The Morgan fingerprint density at radius 3 is 2.54 bits per heavy atom. The number of aromatic nitrogens is 2. The Labute approximate surface area is 157 Å². The molecule has 6 nitrogen and oxygen atoms in total. The zero-order chi connectivity index (χ0) is 18.5. The zero-order valence-corrected chi connectivity index (χ0v) is 15.3. The van der Waals surface area contributed by atoms with Crippen LogP contribution in [0.25, 0.3) is 0 Å². The molecule has 0 bridgehead atoms. The zero-order valence-electron chi connectivity index (χ0n) is 14.6. The summed E-state index contributed by atoms with van der Waals surface area (Å²) in [5.41, 5.74) is 9.65. The van der Waals surface area contributed by atoms with Gasteiger partial charge in [-0.05, 0) is 42.3 Å². The normalized spacial score (nSPS) is 10.4. The Morgan fingerprint density at radius 2 is 1.81 bits per heavy atom. The number of nitrogens with zero attached hydrogens (tertiary/aromatic N) is 2. The van der Waals surface area contributed by atoms with E-state index < -0.39 is 0 Å². The summed E-state index contributed by atoms with van der Waals surface area (Å²) in [5, 5.41) is 7.10. The summed E-state index contributed by atoms with van der Waals surface area (Å²) in [5.74, 6) is 1.92. The average Bonchev–Trinajstić information content (AvgIpc) is 2.66. The molecular formula is C19H20ClN5O. The van der Waals surface area contributed by atoms with Gasteiger partial charge < -0.3 is 21.1 Å². The molecule has 2 aromatic carbocycles. The van der Waals surface area contributed by atoms with Gasteiger partial charge in [0.05, 0.1) is 7.11 Å². The number of nitrogen functional groups attached to an aromatic ring is 1. The molecule has 0 aliphatic rings. The van der Waals surface area contributed by atoms with E-state index in [0.29, 0.717) is 28.9 Å². The molecule has 0 aliphatic heterocycles. The number of anilines is 4. The first-order chi connectivity index (χ1) is 12.6. The van der Waals surface area contributed by atoms with Gasteiger partial charge in [-0.1, -0.05) is 29.8 Å². The van der Waals surface area contributed by atoms with Crippen LogP contribution in [0.4, 0.5) is 23.0 Å². The smallest absolute Gasteiger partial charge is 0.159 e. The fourth-order valence-electron chi connectivity index (χ4n) is 2.42. The highest BCUT2D eigenvalue weighted by Crippen LogP contribution is 2.29. The Morgan fingerprint density at radius 1 is 1.08 bits per heavy atom. The van der Waals surface area contributed by atoms with Crippen molar-refractivity contribution < 1.29 is 4.74 Å². The van der Waals surface area contributed by atoms with E-state index in [1.165, 1.54) is 6.33 Å². The van der Waals surface area contributed by atoms with E-state index in [1.54, 1.807) is 7.11 Å². The van der Waals surface area contributed by atoms with Crippen molar-refractivity contribution in [1.29, 1.82) is 0 Å². The maximum atomic E-state index is 6.23. The van der Waals surface area contributed by atoms with Crippen LogP contribution in [0.1, 0.15) is 11.1 Å². The minimum Gasteiger partial charge on any atom is -0.497 e. The summed E-state index contributed by atoms with van der Waals surface area (Å²) < 4.78 is 5.16. The van der Waals surface area contributed by atoms with E-state index in [0.717, 1.165) is 22.6 Å². The largest absolute Gasteiger partial charge is 0.497 e. The fraction of sp³-hybridized carbons (Fsp3) is 0.158. The summed E-state index contributed by atoms with van der Waals surface area (Å²) in [7, 11) is 1.64. The van der Waals surface area contributed by atoms with Gasteiger partial charge >= 0.3 is 0 Å². The summed E-state index contributed by atoms with van der Waals surface area (Å²) in [6, 6.07) is 13.4. The summed E-state index contributed by atoms with van der Waals surface area (Å²) in [6.07, 6.45) is 1.47. The van der Waals surface area contributed by atoms with Crippen molar-refractivity contribution in [2.24, 2.45) is 0 Å². The number of halogens is 1. The molecule has 4 N–H and O–H groups in total. The summed E-state index contributed by atoms with van der Waals surface area (Å²) in [6.45, 7) is 2.57. The van der Waals surface area contributed by atoms with Crippen molar-refractivity contribution >= 4 is 34.6 Å². The van der Waals surface area contributed by atoms with Crippen molar-refractivity contribution in [2.75, 3.05) is 23.5 Å². The molecule has 7 heteroatoms. The van der Waals surface area contributed by atoms with Crippen LogP contribution in [-0.2, 0) is 6.54 Å². The molecule has 1 heterocycles. The van der Waals surface area contributed by atoms with Crippen LogP contribution in [0.3, 0.4) is 0 Å². The van der Waals surface area contributed by atoms with Crippen molar-refractivity contribution in [3.8, 4) is 5.75 Å². The van der Waals surface area contributed by atoms with Crippen molar-refractivity contribution in [2.45, 2.75) is 13.5 Å². The van der Waals surface area contributed by atoms with Crippen LogP contribution in [0.2, 0.25) is 5.02 Å². The first-order valence-electron chi connectivity index (χ1n) is 8.07. The summed E-state index contributed by atoms with van der Waals surface area (Å²) in [4.78, 5) is 8.47. The Hall–Kier alpha value is -2.99. The van der Waals surface area contributed by atoms with Crippen LogP contribution in [0.15, 0.2) is 48.8 Å². The molecule has 1 aromatic heterocycles. The third-order valence-electron chi connectivity index (χ3n) is 3.96. The Balaban J connectivity index is 1.75. The first-order valence-corrected chi connectivity index (χ1v) is 8.45. The average molecular weight is 370 g/mol. The lowest BCUT2D eigenvalue weighted by Gasteiger charge is -2.14. The van der Waals surface area contributed by atoms with E-state index in [9.17, 15) is 0 Å². The second-order valence-corrected chi connectivity index (χ2v) is 6.21. The van der Waals surface area contributed by atoms with Gasteiger partial charge in [0.2, 0.25) is 0 Å². The second kappa shape index (κ2) is 7.93. The molecule has 0 amide bonds. The van der Waals surface area contributed by atoms with Gasteiger partial charge in [-0.3, -0.25) is 0 Å². The van der Waals surface area contributed by atoms with Gasteiger partial charge in [-0.2, -0.15) is 0 Å². The van der Waals surface area contributed by atoms with E-state index in [4.69, 9.17) is 22.1 Å². The number of hydrogen-bond acceptors (Lipinski definition) is 6. The van der Waals surface area contributed by atoms with Crippen LogP contribution in [-0.4, -0.2) is 17.1 Å². The molecule has 3 rings (SSSR count). The predicted octanol–water partition coefficient (Wildman–Crippen LogP) is 4.38. The number of rotatable bonds is 6. The highest BCUT2D eigenvalue weighted by Gasteiger charge is 2.10. The molecule has 26 heavy (non-hydrogen) atoms. The molecule has 0 radical (unpaired) electrons. The highest BCUT2D eigenvalue weighted by atomic mass is 35.5. The number of ether oxygens (including phenoxy) is 1. The third kappa shape index (κ3) is 4.15. The monoisotopic (exact) mass is 369 g/mol.